The second-order valence-corrected chi connectivity index (χ2v) is 18.9. The van der Waals surface area contributed by atoms with E-state index in [0.29, 0.717) is 5.41 Å². The van der Waals surface area contributed by atoms with Crippen molar-refractivity contribution in [3.63, 3.8) is 0 Å². The lowest BCUT2D eigenvalue weighted by Crippen LogP contribution is -2.48. The van der Waals surface area contributed by atoms with Gasteiger partial charge in [0.1, 0.15) is 0 Å². The molecule has 0 radical (unpaired) electrons. The third-order valence-corrected chi connectivity index (χ3v) is 15.8. The van der Waals surface area contributed by atoms with Gasteiger partial charge in [0, 0.05) is 42.3 Å². The average Bonchev–Trinajstić information content (AvgIpc) is 3.63. The van der Waals surface area contributed by atoms with E-state index in [1.54, 1.807) is 5.56 Å². The van der Waals surface area contributed by atoms with Gasteiger partial charge in [-0.15, -0.1) is 11.3 Å². The first kappa shape index (κ1) is 32.9. The fourth-order valence-corrected chi connectivity index (χ4v) is 13.6. The zero-order valence-electron chi connectivity index (χ0n) is 31.3. The molecule has 0 atom stereocenters. The quantitative estimate of drug-likeness (QED) is 0.167. The predicted octanol–water partition coefficient (Wildman–Crippen LogP) is 15.6. The maximum absolute atomic E-state index is 2.50. The standard InChI is InChI=1S/C52H42N2S2/c1-4-13-48-43(8-1)44-9-7-12-47(51(44)56-48)53(41-26-20-39(21-27-41)52-31-34-28-35(32-52)30-36(29-34)33-52)40-22-16-37(17-23-40)38-18-24-42(25-19-38)54-45-10-2-5-14-49(45)55-50-15-6-3-11-46(50)54/h1-27,34-36H,28-33H2. The normalized spacial score (nSPS) is 22.0. The molecule has 7 aromatic carbocycles. The van der Waals surface area contributed by atoms with Gasteiger partial charge in [0.15, 0.2) is 0 Å². The Morgan fingerprint density at radius 1 is 0.500 bits per heavy atom. The van der Waals surface area contributed by atoms with Crippen LogP contribution in [0.4, 0.5) is 34.1 Å². The van der Waals surface area contributed by atoms with Crippen LogP contribution >= 0.6 is 23.1 Å². The van der Waals surface area contributed by atoms with Crippen LogP contribution in [0.1, 0.15) is 44.1 Å². The highest BCUT2D eigenvalue weighted by molar-refractivity contribution is 7.99. The molecule has 8 aromatic rings. The molecule has 1 aromatic heterocycles. The molecule has 13 rings (SSSR count). The summed E-state index contributed by atoms with van der Waals surface area (Å²) in [6.07, 6.45) is 8.61. The minimum Gasteiger partial charge on any atom is -0.309 e. The highest BCUT2D eigenvalue weighted by Gasteiger charge is 2.51. The van der Waals surface area contributed by atoms with E-state index in [9.17, 15) is 0 Å². The summed E-state index contributed by atoms with van der Waals surface area (Å²) in [6, 6.07) is 61.3. The van der Waals surface area contributed by atoms with Crippen molar-refractivity contribution in [3.05, 3.63) is 169 Å². The van der Waals surface area contributed by atoms with Crippen molar-refractivity contribution in [2.24, 2.45) is 17.8 Å². The van der Waals surface area contributed by atoms with Crippen LogP contribution in [0.3, 0.4) is 0 Å². The summed E-state index contributed by atoms with van der Waals surface area (Å²) in [5.41, 5.74) is 11.7. The number of nitrogens with zero attached hydrogens (tertiary/aromatic N) is 2. The maximum atomic E-state index is 2.50. The zero-order valence-corrected chi connectivity index (χ0v) is 32.9. The lowest BCUT2D eigenvalue weighted by molar-refractivity contribution is -0.00518. The molecule has 4 fully saturated rings. The number of para-hydroxylation sites is 2. The van der Waals surface area contributed by atoms with Gasteiger partial charge in [-0.3, -0.25) is 0 Å². The van der Waals surface area contributed by atoms with Crippen LogP contribution in [0.5, 0.6) is 0 Å². The Bertz CT molecular complexity index is 2680. The summed E-state index contributed by atoms with van der Waals surface area (Å²) >= 11 is 3.75. The van der Waals surface area contributed by atoms with Gasteiger partial charge in [0.2, 0.25) is 0 Å². The fraction of sp³-hybridized carbons (Fsp3) is 0.192. The zero-order chi connectivity index (χ0) is 36.8. The van der Waals surface area contributed by atoms with E-state index in [-0.39, 0.29) is 0 Å². The summed E-state index contributed by atoms with van der Waals surface area (Å²) < 4.78 is 2.67. The molecule has 0 N–H and O–H groups in total. The molecule has 4 bridgehead atoms. The minimum atomic E-state index is 0.389. The molecular weight excluding hydrogens is 717 g/mol. The lowest BCUT2D eigenvalue weighted by Gasteiger charge is -2.57. The average molecular weight is 759 g/mol. The van der Waals surface area contributed by atoms with Crippen molar-refractivity contribution in [2.75, 3.05) is 9.80 Å². The topological polar surface area (TPSA) is 6.48 Å². The Labute approximate surface area is 337 Å². The van der Waals surface area contributed by atoms with E-state index in [1.165, 1.54) is 114 Å². The highest BCUT2D eigenvalue weighted by atomic mass is 32.2. The Kier molecular flexibility index (Phi) is 7.57. The fourth-order valence-electron chi connectivity index (χ4n) is 11.4. The Hall–Kier alpha value is -5.29. The number of anilines is 6. The molecule has 4 saturated carbocycles. The summed E-state index contributed by atoms with van der Waals surface area (Å²) in [5.74, 6) is 2.82. The number of fused-ring (bicyclic) bond motifs is 5. The van der Waals surface area contributed by atoms with Gasteiger partial charge < -0.3 is 9.80 Å². The first-order valence-electron chi connectivity index (χ1n) is 20.3. The maximum Gasteiger partial charge on any atom is 0.0640 e. The summed E-state index contributed by atoms with van der Waals surface area (Å²) in [5, 5.41) is 2.66. The monoisotopic (exact) mass is 758 g/mol. The van der Waals surface area contributed by atoms with E-state index in [4.69, 9.17) is 0 Å². The largest absolute Gasteiger partial charge is 0.309 e. The smallest absolute Gasteiger partial charge is 0.0640 e. The molecule has 0 amide bonds. The van der Waals surface area contributed by atoms with Gasteiger partial charge in [-0.2, -0.15) is 0 Å². The van der Waals surface area contributed by atoms with Crippen LogP contribution < -0.4 is 9.80 Å². The number of hydrogen-bond donors (Lipinski definition) is 0. The third kappa shape index (κ3) is 5.29. The van der Waals surface area contributed by atoms with E-state index in [0.717, 1.165) is 17.8 Å². The second-order valence-electron chi connectivity index (χ2n) is 16.8. The molecule has 272 valence electrons. The molecule has 4 heteroatoms. The van der Waals surface area contributed by atoms with E-state index >= 15 is 0 Å². The summed E-state index contributed by atoms with van der Waals surface area (Å²) in [6.45, 7) is 0. The SMILES string of the molecule is c1ccc2c(c1)Sc1ccccc1N2c1ccc(-c2ccc(N(c3ccc(C45CC6CC(CC(C6)C4)C5)cc3)c3cccc4c3sc3ccccc34)cc2)cc1. The van der Waals surface area contributed by atoms with Crippen LogP contribution in [0, 0.1) is 17.8 Å². The number of hydrogen-bond acceptors (Lipinski definition) is 4. The molecule has 1 aliphatic heterocycles. The summed E-state index contributed by atoms with van der Waals surface area (Å²) in [4.78, 5) is 7.46. The molecular formula is C52H42N2S2. The first-order chi connectivity index (χ1) is 27.7. The van der Waals surface area contributed by atoms with Crippen LogP contribution in [0.2, 0.25) is 0 Å². The number of benzene rings is 7. The number of thiophene rings is 1. The van der Waals surface area contributed by atoms with Gasteiger partial charge in [0.25, 0.3) is 0 Å². The van der Waals surface area contributed by atoms with Crippen molar-refractivity contribution < 1.29 is 0 Å². The van der Waals surface area contributed by atoms with Crippen LogP contribution in [-0.4, -0.2) is 0 Å². The van der Waals surface area contributed by atoms with Gasteiger partial charge in [-0.25, -0.2) is 0 Å². The van der Waals surface area contributed by atoms with Crippen LogP contribution in [0.25, 0.3) is 31.3 Å². The highest BCUT2D eigenvalue weighted by Crippen LogP contribution is 2.61. The Morgan fingerprint density at radius 3 is 1.68 bits per heavy atom. The van der Waals surface area contributed by atoms with Crippen molar-refractivity contribution in [2.45, 2.75) is 53.7 Å². The van der Waals surface area contributed by atoms with Crippen molar-refractivity contribution in [1.82, 2.24) is 0 Å². The molecule has 0 saturated heterocycles. The lowest BCUT2D eigenvalue weighted by atomic mass is 9.48. The van der Waals surface area contributed by atoms with Gasteiger partial charge in [-0.05, 0) is 151 Å². The molecule has 4 aliphatic carbocycles. The molecule has 2 nitrogen and oxygen atoms in total. The molecule has 5 aliphatic rings. The second kappa shape index (κ2) is 12.9. The van der Waals surface area contributed by atoms with E-state index < -0.39 is 0 Å². The van der Waals surface area contributed by atoms with Gasteiger partial charge >= 0.3 is 0 Å². The van der Waals surface area contributed by atoms with Crippen molar-refractivity contribution >= 4 is 77.4 Å². The molecule has 56 heavy (non-hydrogen) atoms. The van der Waals surface area contributed by atoms with E-state index in [2.05, 4.69) is 174 Å². The first-order valence-corrected chi connectivity index (χ1v) is 22.0. The van der Waals surface area contributed by atoms with Crippen molar-refractivity contribution in [3.8, 4) is 11.1 Å². The minimum absolute atomic E-state index is 0.389. The van der Waals surface area contributed by atoms with Crippen LogP contribution in [-0.2, 0) is 5.41 Å². The van der Waals surface area contributed by atoms with Gasteiger partial charge in [-0.1, -0.05) is 103 Å². The van der Waals surface area contributed by atoms with Crippen LogP contribution in [0.15, 0.2) is 174 Å². The molecule has 2 heterocycles. The third-order valence-electron chi connectivity index (χ3n) is 13.4. The summed E-state index contributed by atoms with van der Waals surface area (Å²) in [7, 11) is 0. The van der Waals surface area contributed by atoms with Crippen molar-refractivity contribution in [1.29, 1.82) is 0 Å². The molecule has 0 unspecified atom stereocenters. The predicted molar refractivity (Wildman–Crippen MR) is 238 cm³/mol. The molecule has 0 spiro atoms. The van der Waals surface area contributed by atoms with Gasteiger partial charge in [0.05, 0.1) is 21.8 Å². The Balaban J connectivity index is 0.911. The Morgan fingerprint density at radius 2 is 1.04 bits per heavy atom. The number of rotatable bonds is 6. The van der Waals surface area contributed by atoms with E-state index in [1.807, 2.05) is 23.1 Å².